The van der Waals surface area contributed by atoms with E-state index in [9.17, 15) is 10.1 Å². The molecule has 0 aromatic heterocycles. The van der Waals surface area contributed by atoms with Crippen LogP contribution >= 0.6 is 0 Å². The van der Waals surface area contributed by atoms with E-state index in [4.69, 9.17) is 14.6 Å². The molecule has 0 radical (unpaired) electrons. The van der Waals surface area contributed by atoms with Crippen molar-refractivity contribution < 1.29 is 19.5 Å². The number of aliphatic hydroxyl groups is 1. The van der Waals surface area contributed by atoms with E-state index in [0.29, 0.717) is 17.7 Å². The Hall–Kier alpha value is -2.08. The number of aliphatic hydroxyl groups excluding tert-OH is 1. The first-order valence-corrected chi connectivity index (χ1v) is 5.33. The topological polar surface area (TPSA) is 81.8 Å². The van der Waals surface area contributed by atoms with Crippen LogP contribution in [0.2, 0.25) is 0 Å². The fraction of sp³-hybridized carbons (Fsp3) is 0.333. The summed E-state index contributed by atoms with van der Waals surface area (Å²) in [5.74, 6) is 0.636. The van der Waals surface area contributed by atoms with Gasteiger partial charge in [-0.1, -0.05) is 6.08 Å². The summed E-state index contributed by atoms with van der Waals surface area (Å²) in [6.07, 6.45) is 1.95. The first-order chi connectivity index (χ1) is 8.63. The van der Waals surface area contributed by atoms with Crippen molar-refractivity contribution in [3.05, 3.63) is 40.5 Å². The molecule has 6 nitrogen and oxygen atoms in total. The van der Waals surface area contributed by atoms with Crippen molar-refractivity contribution in [1.29, 1.82) is 0 Å². The summed E-state index contributed by atoms with van der Waals surface area (Å²) >= 11 is 0. The minimum Gasteiger partial charge on any atom is -0.493 e. The number of nitro benzene ring substituents is 1. The van der Waals surface area contributed by atoms with Crippen molar-refractivity contribution in [3.8, 4) is 11.5 Å². The maximum atomic E-state index is 10.9. The smallest absolute Gasteiger partial charge is 0.276 e. The van der Waals surface area contributed by atoms with Gasteiger partial charge in [-0.05, 0) is 12.5 Å². The van der Waals surface area contributed by atoms with Gasteiger partial charge in [0.1, 0.15) is 6.61 Å². The second kappa shape index (κ2) is 6.61. The van der Waals surface area contributed by atoms with E-state index < -0.39 is 4.92 Å². The summed E-state index contributed by atoms with van der Waals surface area (Å²) in [5.41, 5.74) is 0.451. The SMILES string of the molecule is C=CCc1cc(OC)c(OCCO)cc1[N+](=O)[O-]. The largest absolute Gasteiger partial charge is 0.493 e. The van der Waals surface area contributed by atoms with Crippen LogP contribution in [0.25, 0.3) is 0 Å². The van der Waals surface area contributed by atoms with Crippen molar-refractivity contribution in [1.82, 2.24) is 0 Å². The van der Waals surface area contributed by atoms with Crippen LogP contribution in [0.3, 0.4) is 0 Å². The molecule has 18 heavy (non-hydrogen) atoms. The highest BCUT2D eigenvalue weighted by atomic mass is 16.6. The zero-order valence-electron chi connectivity index (χ0n) is 10.1. The summed E-state index contributed by atoms with van der Waals surface area (Å²) in [6, 6.07) is 2.85. The van der Waals surface area contributed by atoms with Gasteiger partial charge in [0.2, 0.25) is 0 Å². The predicted molar refractivity (Wildman–Crippen MR) is 66.1 cm³/mol. The van der Waals surface area contributed by atoms with Crippen LogP contribution in [0.5, 0.6) is 11.5 Å². The van der Waals surface area contributed by atoms with Gasteiger partial charge in [0.15, 0.2) is 11.5 Å². The van der Waals surface area contributed by atoms with Gasteiger partial charge in [-0.25, -0.2) is 0 Å². The number of hydrogen-bond acceptors (Lipinski definition) is 5. The number of methoxy groups -OCH3 is 1. The van der Waals surface area contributed by atoms with E-state index in [1.54, 1.807) is 12.1 Å². The molecule has 98 valence electrons. The van der Waals surface area contributed by atoms with Crippen LogP contribution in [0.4, 0.5) is 5.69 Å². The Morgan fingerprint density at radius 2 is 2.22 bits per heavy atom. The van der Waals surface area contributed by atoms with E-state index in [-0.39, 0.29) is 24.7 Å². The predicted octanol–water partition coefficient (Wildman–Crippen LogP) is 1.70. The zero-order chi connectivity index (χ0) is 13.5. The summed E-state index contributed by atoms with van der Waals surface area (Å²) in [7, 11) is 1.45. The summed E-state index contributed by atoms with van der Waals surface area (Å²) < 4.78 is 10.3. The third kappa shape index (κ3) is 3.21. The highest BCUT2D eigenvalue weighted by Crippen LogP contribution is 2.35. The van der Waals surface area contributed by atoms with Gasteiger partial charge in [-0.15, -0.1) is 6.58 Å². The van der Waals surface area contributed by atoms with Crippen molar-refractivity contribution >= 4 is 5.69 Å². The van der Waals surface area contributed by atoms with Gasteiger partial charge in [-0.3, -0.25) is 10.1 Å². The molecule has 1 aromatic carbocycles. The first-order valence-electron chi connectivity index (χ1n) is 5.33. The van der Waals surface area contributed by atoms with Gasteiger partial charge in [-0.2, -0.15) is 0 Å². The molecule has 0 unspecified atom stereocenters. The fourth-order valence-corrected chi connectivity index (χ4v) is 1.51. The molecule has 6 heteroatoms. The Kier molecular flexibility index (Phi) is 5.13. The maximum absolute atomic E-state index is 10.9. The van der Waals surface area contributed by atoms with Crippen LogP contribution in [-0.2, 0) is 6.42 Å². The second-order valence-corrected chi connectivity index (χ2v) is 3.45. The third-order valence-electron chi connectivity index (χ3n) is 2.27. The molecule has 0 amide bonds. The van der Waals surface area contributed by atoms with Crippen LogP contribution in [-0.4, -0.2) is 30.4 Å². The Bertz CT molecular complexity index is 444. The summed E-state index contributed by atoms with van der Waals surface area (Å²) in [5, 5.41) is 19.6. The van der Waals surface area contributed by atoms with E-state index in [1.807, 2.05) is 0 Å². The lowest BCUT2D eigenvalue weighted by Gasteiger charge is -2.11. The molecule has 0 aliphatic carbocycles. The molecule has 0 fully saturated rings. The molecule has 0 aliphatic rings. The number of hydrogen-bond donors (Lipinski definition) is 1. The molecule has 0 saturated carbocycles. The normalized spacial score (nSPS) is 9.89. The number of nitrogens with zero attached hydrogens (tertiary/aromatic N) is 1. The molecule has 1 N–H and O–H groups in total. The van der Waals surface area contributed by atoms with E-state index in [1.165, 1.54) is 13.2 Å². The van der Waals surface area contributed by atoms with Crippen molar-refractivity contribution in [2.75, 3.05) is 20.3 Å². The van der Waals surface area contributed by atoms with Crippen molar-refractivity contribution in [2.45, 2.75) is 6.42 Å². The quantitative estimate of drug-likeness (QED) is 0.454. The monoisotopic (exact) mass is 253 g/mol. The molecule has 0 bridgehead atoms. The van der Waals surface area contributed by atoms with Crippen LogP contribution in [0.1, 0.15) is 5.56 Å². The Morgan fingerprint density at radius 3 is 2.72 bits per heavy atom. The molecule has 0 saturated heterocycles. The number of rotatable bonds is 7. The van der Waals surface area contributed by atoms with Gasteiger partial charge in [0.25, 0.3) is 5.69 Å². The third-order valence-corrected chi connectivity index (χ3v) is 2.27. The van der Waals surface area contributed by atoms with E-state index >= 15 is 0 Å². The van der Waals surface area contributed by atoms with E-state index in [0.717, 1.165) is 0 Å². The second-order valence-electron chi connectivity index (χ2n) is 3.45. The molecular formula is C12H15NO5. The average Bonchev–Trinajstić information content (AvgIpc) is 2.36. The van der Waals surface area contributed by atoms with Gasteiger partial charge in [0.05, 0.1) is 24.7 Å². The molecule has 0 spiro atoms. The molecule has 1 rings (SSSR count). The minimum atomic E-state index is -0.482. The number of nitro groups is 1. The number of ether oxygens (including phenoxy) is 2. The van der Waals surface area contributed by atoms with Crippen molar-refractivity contribution in [2.24, 2.45) is 0 Å². The molecule has 0 atom stereocenters. The standard InChI is InChI=1S/C12H15NO5/c1-3-4-9-7-11(17-2)12(18-6-5-14)8-10(9)13(15)16/h3,7-8,14H,1,4-6H2,2H3. The molecule has 1 aromatic rings. The average molecular weight is 253 g/mol. The van der Waals surface area contributed by atoms with Gasteiger partial charge in [0, 0.05) is 5.56 Å². The Morgan fingerprint density at radius 1 is 1.50 bits per heavy atom. The Balaban J connectivity index is 3.22. The van der Waals surface area contributed by atoms with Gasteiger partial charge < -0.3 is 14.6 Å². The Labute approximate surface area is 105 Å². The lowest BCUT2D eigenvalue weighted by Crippen LogP contribution is -2.05. The molecule has 0 heterocycles. The minimum absolute atomic E-state index is 0.0499. The number of allylic oxidation sites excluding steroid dienone is 1. The highest BCUT2D eigenvalue weighted by Gasteiger charge is 2.18. The van der Waals surface area contributed by atoms with Gasteiger partial charge >= 0.3 is 0 Å². The zero-order valence-corrected chi connectivity index (χ0v) is 10.1. The van der Waals surface area contributed by atoms with Crippen molar-refractivity contribution in [3.63, 3.8) is 0 Å². The highest BCUT2D eigenvalue weighted by molar-refractivity contribution is 5.54. The fourth-order valence-electron chi connectivity index (χ4n) is 1.51. The lowest BCUT2D eigenvalue weighted by molar-refractivity contribution is -0.385. The molecular weight excluding hydrogens is 238 g/mol. The van der Waals surface area contributed by atoms with Crippen LogP contribution in [0, 0.1) is 10.1 Å². The maximum Gasteiger partial charge on any atom is 0.276 e. The first kappa shape index (κ1) is 14.0. The van der Waals surface area contributed by atoms with E-state index in [2.05, 4.69) is 6.58 Å². The molecule has 0 aliphatic heterocycles. The summed E-state index contributed by atoms with van der Waals surface area (Å²) in [6.45, 7) is 3.43. The lowest BCUT2D eigenvalue weighted by atomic mass is 10.1. The number of benzene rings is 1. The van der Waals surface area contributed by atoms with Crippen LogP contribution < -0.4 is 9.47 Å². The summed E-state index contributed by atoms with van der Waals surface area (Å²) in [4.78, 5) is 10.5. The van der Waals surface area contributed by atoms with Crippen LogP contribution in [0.15, 0.2) is 24.8 Å².